The Morgan fingerprint density at radius 1 is 1.27 bits per heavy atom. The number of esters is 1. The monoisotopic (exact) mass is 314 g/mol. The van der Waals surface area contributed by atoms with E-state index in [1.54, 1.807) is 0 Å². The minimum atomic E-state index is -0.465. The Kier molecular flexibility index (Phi) is 7.65. The molecule has 1 N–H and O–H groups in total. The summed E-state index contributed by atoms with van der Waals surface area (Å²) in [5.41, 5.74) is -0.465. The van der Waals surface area contributed by atoms with Crippen LogP contribution in [0.5, 0.6) is 0 Å². The van der Waals surface area contributed by atoms with Crippen LogP contribution in [0.4, 0.5) is 4.79 Å². The van der Waals surface area contributed by atoms with Gasteiger partial charge in [-0.25, -0.2) is 4.79 Å². The molecule has 22 heavy (non-hydrogen) atoms. The molecule has 1 fully saturated rings. The third-order valence-electron chi connectivity index (χ3n) is 3.60. The Labute approximate surface area is 133 Å². The first-order valence-corrected chi connectivity index (χ1v) is 8.10. The lowest BCUT2D eigenvalue weighted by atomic mass is 10.0. The van der Waals surface area contributed by atoms with Crippen LogP contribution in [0.2, 0.25) is 0 Å². The van der Waals surface area contributed by atoms with Gasteiger partial charge in [0, 0.05) is 25.6 Å². The standard InChI is InChI=1S/C16H30N2O4/c1-16(2,3)22-15(20)18-11-6-5-8-13(18)12-17-10-7-9-14(19)21-4/h13,17H,5-12H2,1-4H3. The van der Waals surface area contributed by atoms with Crippen molar-refractivity contribution < 1.29 is 19.1 Å². The van der Waals surface area contributed by atoms with Crippen molar-refractivity contribution in [3.8, 4) is 0 Å². The number of carbonyl (C=O) groups is 2. The zero-order valence-electron chi connectivity index (χ0n) is 14.3. The summed E-state index contributed by atoms with van der Waals surface area (Å²) in [7, 11) is 1.40. The molecule has 0 aromatic rings. The molecular formula is C16H30N2O4. The van der Waals surface area contributed by atoms with E-state index in [1.165, 1.54) is 7.11 Å². The topological polar surface area (TPSA) is 67.9 Å². The molecule has 0 bridgehead atoms. The number of rotatable bonds is 6. The van der Waals surface area contributed by atoms with E-state index in [9.17, 15) is 9.59 Å². The van der Waals surface area contributed by atoms with Crippen LogP contribution in [-0.4, -0.2) is 55.3 Å². The van der Waals surface area contributed by atoms with E-state index in [2.05, 4.69) is 10.1 Å². The van der Waals surface area contributed by atoms with E-state index in [1.807, 2.05) is 25.7 Å². The van der Waals surface area contributed by atoms with Gasteiger partial charge in [0.05, 0.1) is 7.11 Å². The van der Waals surface area contributed by atoms with Gasteiger partial charge < -0.3 is 19.7 Å². The number of piperidine rings is 1. The number of likely N-dealkylation sites (tertiary alicyclic amines) is 1. The molecule has 1 rings (SSSR count). The van der Waals surface area contributed by atoms with Gasteiger partial charge in [-0.15, -0.1) is 0 Å². The van der Waals surface area contributed by atoms with Gasteiger partial charge in [0.1, 0.15) is 5.60 Å². The van der Waals surface area contributed by atoms with Crippen molar-refractivity contribution in [2.45, 2.75) is 64.5 Å². The van der Waals surface area contributed by atoms with Crippen molar-refractivity contribution in [3.05, 3.63) is 0 Å². The van der Waals surface area contributed by atoms with Gasteiger partial charge in [0.15, 0.2) is 0 Å². The van der Waals surface area contributed by atoms with E-state index in [-0.39, 0.29) is 18.1 Å². The predicted octanol–water partition coefficient (Wildman–Crippen LogP) is 2.32. The molecule has 0 aromatic heterocycles. The molecule has 0 aromatic carbocycles. The molecular weight excluding hydrogens is 284 g/mol. The molecule has 0 aliphatic carbocycles. The zero-order chi connectivity index (χ0) is 16.6. The van der Waals surface area contributed by atoms with E-state index in [4.69, 9.17) is 4.74 Å². The molecule has 0 radical (unpaired) electrons. The Bertz CT molecular complexity index is 366. The summed E-state index contributed by atoms with van der Waals surface area (Å²) >= 11 is 0. The largest absolute Gasteiger partial charge is 0.469 e. The maximum absolute atomic E-state index is 12.3. The number of ether oxygens (including phenoxy) is 2. The number of methoxy groups -OCH3 is 1. The number of hydrogen-bond acceptors (Lipinski definition) is 5. The van der Waals surface area contributed by atoms with Gasteiger partial charge in [-0.1, -0.05) is 0 Å². The molecule has 6 heteroatoms. The Hall–Kier alpha value is -1.30. The van der Waals surface area contributed by atoms with E-state index in [0.29, 0.717) is 6.42 Å². The summed E-state index contributed by atoms with van der Waals surface area (Å²) in [6.07, 6.45) is 4.08. The van der Waals surface area contributed by atoms with Crippen LogP contribution in [0, 0.1) is 0 Å². The number of hydrogen-bond donors (Lipinski definition) is 1. The number of amides is 1. The van der Waals surface area contributed by atoms with Gasteiger partial charge in [-0.05, 0) is 53.0 Å². The predicted molar refractivity (Wildman–Crippen MR) is 84.7 cm³/mol. The molecule has 1 heterocycles. The lowest BCUT2D eigenvalue weighted by Crippen LogP contribution is -2.50. The average molecular weight is 314 g/mol. The number of nitrogens with zero attached hydrogens (tertiary/aromatic N) is 1. The van der Waals surface area contributed by atoms with Crippen LogP contribution < -0.4 is 5.32 Å². The normalized spacial score (nSPS) is 18.9. The van der Waals surface area contributed by atoms with Crippen LogP contribution in [0.3, 0.4) is 0 Å². The van der Waals surface area contributed by atoms with Crippen LogP contribution in [0.25, 0.3) is 0 Å². The summed E-state index contributed by atoms with van der Waals surface area (Å²) in [5.74, 6) is -0.185. The summed E-state index contributed by atoms with van der Waals surface area (Å²) in [6, 6.07) is 0.168. The lowest BCUT2D eigenvalue weighted by molar-refractivity contribution is -0.140. The average Bonchev–Trinajstić information content (AvgIpc) is 2.45. The fourth-order valence-electron chi connectivity index (χ4n) is 2.50. The summed E-state index contributed by atoms with van der Waals surface area (Å²) in [6.45, 7) is 7.89. The van der Waals surface area contributed by atoms with Crippen molar-refractivity contribution in [2.24, 2.45) is 0 Å². The van der Waals surface area contributed by atoms with Crippen molar-refractivity contribution in [3.63, 3.8) is 0 Å². The second-order valence-electron chi connectivity index (χ2n) is 6.71. The lowest BCUT2D eigenvalue weighted by Gasteiger charge is -2.37. The molecule has 1 unspecified atom stereocenters. The molecule has 0 saturated carbocycles. The summed E-state index contributed by atoms with van der Waals surface area (Å²) in [5, 5.41) is 3.33. The third-order valence-corrected chi connectivity index (χ3v) is 3.60. The SMILES string of the molecule is COC(=O)CCCNCC1CCCCN1C(=O)OC(C)(C)C. The van der Waals surface area contributed by atoms with Gasteiger partial charge in [-0.3, -0.25) is 4.79 Å². The number of carbonyl (C=O) groups excluding carboxylic acids is 2. The highest BCUT2D eigenvalue weighted by Gasteiger charge is 2.30. The minimum Gasteiger partial charge on any atom is -0.469 e. The first-order chi connectivity index (χ1) is 10.3. The minimum absolute atomic E-state index is 0.168. The maximum atomic E-state index is 12.3. The molecule has 1 saturated heterocycles. The van der Waals surface area contributed by atoms with Crippen LogP contribution >= 0.6 is 0 Å². The molecule has 1 aliphatic rings. The highest BCUT2D eigenvalue weighted by atomic mass is 16.6. The fraction of sp³-hybridized carbons (Fsp3) is 0.875. The fourth-order valence-corrected chi connectivity index (χ4v) is 2.50. The smallest absolute Gasteiger partial charge is 0.410 e. The van der Waals surface area contributed by atoms with Crippen molar-refractivity contribution in [2.75, 3.05) is 26.7 Å². The molecule has 128 valence electrons. The van der Waals surface area contributed by atoms with Crippen LogP contribution in [0.15, 0.2) is 0 Å². The van der Waals surface area contributed by atoms with Crippen LogP contribution in [0.1, 0.15) is 52.9 Å². The number of nitrogens with one attached hydrogen (secondary N) is 1. The van der Waals surface area contributed by atoms with Gasteiger partial charge >= 0.3 is 12.1 Å². The first-order valence-electron chi connectivity index (χ1n) is 8.10. The van der Waals surface area contributed by atoms with Gasteiger partial charge in [0.2, 0.25) is 0 Å². The molecule has 1 aliphatic heterocycles. The Balaban J connectivity index is 2.35. The molecule has 1 amide bonds. The quantitative estimate of drug-likeness (QED) is 0.602. The second kappa shape index (κ2) is 8.98. The van der Waals surface area contributed by atoms with Crippen LogP contribution in [-0.2, 0) is 14.3 Å². The van der Waals surface area contributed by atoms with Crippen molar-refractivity contribution in [1.29, 1.82) is 0 Å². The summed E-state index contributed by atoms with van der Waals surface area (Å²) in [4.78, 5) is 25.1. The van der Waals surface area contributed by atoms with Crippen molar-refractivity contribution in [1.82, 2.24) is 10.2 Å². The molecule has 1 atom stereocenters. The van der Waals surface area contributed by atoms with E-state index < -0.39 is 5.60 Å². The van der Waals surface area contributed by atoms with Crippen molar-refractivity contribution >= 4 is 12.1 Å². The highest BCUT2D eigenvalue weighted by Crippen LogP contribution is 2.20. The first kappa shape index (κ1) is 18.7. The Morgan fingerprint density at radius 3 is 2.64 bits per heavy atom. The van der Waals surface area contributed by atoms with E-state index >= 15 is 0 Å². The zero-order valence-corrected chi connectivity index (χ0v) is 14.3. The van der Waals surface area contributed by atoms with Gasteiger partial charge in [0.25, 0.3) is 0 Å². The maximum Gasteiger partial charge on any atom is 0.410 e. The van der Waals surface area contributed by atoms with Gasteiger partial charge in [-0.2, -0.15) is 0 Å². The highest BCUT2D eigenvalue weighted by molar-refractivity contribution is 5.69. The molecule has 6 nitrogen and oxygen atoms in total. The molecule has 0 spiro atoms. The van der Waals surface area contributed by atoms with E-state index in [0.717, 1.165) is 45.3 Å². The third kappa shape index (κ3) is 7.11. The Morgan fingerprint density at radius 2 is 2.00 bits per heavy atom. The summed E-state index contributed by atoms with van der Waals surface area (Å²) < 4.78 is 10.1. The second-order valence-corrected chi connectivity index (χ2v) is 6.71.